The zero-order valence-electron chi connectivity index (χ0n) is 21.1. The van der Waals surface area contributed by atoms with E-state index in [4.69, 9.17) is 35.4 Å². The number of quaternary nitrogens is 1. The monoisotopic (exact) mass is 523 g/mol. The fourth-order valence-electron chi connectivity index (χ4n) is 3.16. The lowest BCUT2D eigenvalue weighted by molar-refractivity contribution is -0.873. The molecule has 1 aromatic rings. The number of benzene rings is 1. The summed E-state index contributed by atoms with van der Waals surface area (Å²) in [5.41, 5.74) is 1.07. The van der Waals surface area contributed by atoms with Crippen molar-refractivity contribution < 1.29 is 43.3 Å². The minimum atomic E-state index is -3.52. The van der Waals surface area contributed by atoms with E-state index in [9.17, 15) is 9.69 Å². The maximum absolute atomic E-state index is 11.1. The zero-order chi connectivity index (χ0) is 24.9. The molecule has 0 saturated carbocycles. The Bertz CT molecular complexity index is 772. The minimum absolute atomic E-state index is 0. The number of carbonyl (C=O) groups is 1. The lowest BCUT2D eigenvalue weighted by Crippen LogP contribution is -2.42. The minimum Gasteiger partial charge on any atom is -0.870 e. The smallest absolute Gasteiger partial charge is 0.325 e. The van der Waals surface area contributed by atoms with Gasteiger partial charge in [-0.25, -0.2) is 0 Å². The van der Waals surface area contributed by atoms with E-state index in [1.165, 1.54) is 0 Å². The molecule has 9 nitrogen and oxygen atoms in total. The summed E-state index contributed by atoms with van der Waals surface area (Å²) in [4.78, 5) is 21.4. The molecule has 0 aliphatic rings. The van der Waals surface area contributed by atoms with Crippen LogP contribution in [0.2, 0.25) is 0 Å². The summed E-state index contributed by atoms with van der Waals surface area (Å²) in [5, 5.41) is 9.09. The number of nitrogens with zero attached hydrogens (tertiary/aromatic N) is 1. The normalized spacial score (nSPS) is 14.1. The van der Waals surface area contributed by atoms with Crippen molar-refractivity contribution >= 4 is 24.5 Å². The third-order valence-corrected chi connectivity index (χ3v) is 6.19. The van der Waals surface area contributed by atoms with Crippen molar-refractivity contribution in [1.82, 2.24) is 0 Å². The van der Waals surface area contributed by atoms with Gasteiger partial charge in [0.25, 0.3) is 0 Å². The van der Waals surface area contributed by atoms with Crippen LogP contribution in [0.25, 0.3) is 0 Å². The average molecular weight is 524 g/mol. The second-order valence-electron chi connectivity index (χ2n) is 9.19. The number of carboxylic acid groups (broad SMARTS) is 1. The van der Waals surface area contributed by atoms with Gasteiger partial charge in [-0.3, -0.25) is 9.32 Å². The van der Waals surface area contributed by atoms with Crippen LogP contribution >= 0.6 is 6.72 Å². The highest BCUT2D eigenvalue weighted by molar-refractivity contribution is 8.07. The number of unbranched alkanes of at least 4 members (excludes halogenated alkanes) is 3. The Kier molecular flexibility index (Phi) is 15.8. The van der Waals surface area contributed by atoms with E-state index >= 15 is 0 Å². The molecule has 0 spiro atoms. The number of ether oxygens (including phenoxy) is 2. The van der Waals surface area contributed by atoms with Crippen molar-refractivity contribution in [3.8, 4) is 11.5 Å². The van der Waals surface area contributed by atoms with Crippen LogP contribution in [0.15, 0.2) is 18.2 Å². The highest BCUT2D eigenvalue weighted by Crippen LogP contribution is 2.45. The molecular weight excluding hydrogens is 481 g/mol. The number of aryl methyl sites for hydroxylation is 1. The maximum atomic E-state index is 11.1. The van der Waals surface area contributed by atoms with Gasteiger partial charge in [-0.1, -0.05) is 19.8 Å². The molecule has 0 aliphatic carbocycles. The number of aliphatic carboxylic acids is 1. The molecule has 0 fully saturated rings. The van der Waals surface area contributed by atoms with Crippen LogP contribution in [-0.2, 0) is 25.6 Å². The molecule has 198 valence electrons. The fourth-order valence-corrected chi connectivity index (χ4v) is 4.68. The largest absolute Gasteiger partial charge is 0.870 e. The Hall–Kier alpha value is -1.26. The molecule has 0 saturated heterocycles. The molecule has 0 aliphatic heterocycles. The molecule has 1 aromatic carbocycles. The SMILES string of the molecule is CCCCCOc1cc(C)cc(OCCCCOP(O)(=S)OC(CC(=O)O)C[N+](C)(C)C)c1.[OH-]. The van der Waals surface area contributed by atoms with E-state index in [-0.39, 0.29) is 18.5 Å². The average Bonchev–Trinajstić information content (AvgIpc) is 2.65. The van der Waals surface area contributed by atoms with Crippen LogP contribution in [0.3, 0.4) is 0 Å². The van der Waals surface area contributed by atoms with E-state index < -0.39 is 18.8 Å². The van der Waals surface area contributed by atoms with Crippen LogP contribution in [-0.4, -0.2) is 79.5 Å². The van der Waals surface area contributed by atoms with Gasteiger partial charge in [0.15, 0.2) is 0 Å². The summed E-state index contributed by atoms with van der Waals surface area (Å²) >= 11 is 5.07. The molecule has 3 N–H and O–H groups in total. The second-order valence-corrected chi connectivity index (χ2v) is 12.0. The number of hydrogen-bond acceptors (Lipinski definition) is 7. The van der Waals surface area contributed by atoms with E-state index in [0.29, 0.717) is 37.1 Å². The first-order chi connectivity index (χ1) is 15.4. The predicted molar refractivity (Wildman–Crippen MR) is 135 cm³/mol. The molecule has 2 unspecified atom stereocenters. The standard InChI is InChI=1S/C23H40NO7PS.H2O/c1-6-7-8-11-28-20-14-19(2)15-21(16-20)29-12-9-10-13-30-32(27,33)31-22(17-23(25)26)18-24(3,4)5;/h14-16,22H,6-13,17-18H2,1-5H3,(H-,25,26,27,33);1H2. The summed E-state index contributed by atoms with van der Waals surface area (Å²) in [6, 6.07) is 5.86. The van der Waals surface area contributed by atoms with Crippen molar-refractivity contribution in [1.29, 1.82) is 0 Å². The molecule has 1 rings (SSSR count). The Labute approximate surface area is 209 Å². The first-order valence-electron chi connectivity index (χ1n) is 11.5. The Morgan fingerprint density at radius 2 is 1.56 bits per heavy atom. The first-order valence-corrected chi connectivity index (χ1v) is 14.0. The Balaban J connectivity index is 0.0000109. The first kappa shape index (κ1) is 32.7. The number of hydrogen-bond donors (Lipinski definition) is 2. The van der Waals surface area contributed by atoms with Crippen molar-refractivity contribution in [2.45, 2.75) is 58.5 Å². The third-order valence-electron chi connectivity index (χ3n) is 4.54. The van der Waals surface area contributed by atoms with E-state index in [1.54, 1.807) is 0 Å². The number of rotatable bonds is 18. The van der Waals surface area contributed by atoms with Crippen LogP contribution in [0, 0.1) is 6.92 Å². The molecule has 0 bridgehead atoms. The van der Waals surface area contributed by atoms with E-state index in [1.807, 2.05) is 46.3 Å². The molecule has 2 atom stereocenters. The fraction of sp³-hybridized carbons (Fsp3) is 0.696. The van der Waals surface area contributed by atoms with Crippen LogP contribution < -0.4 is 9.47 Å². The predicted octanol–water partition coefficient (Wildman–Crippen LogP) is 4.35. The third kappa shape index (κ3) is 16.4. The van der Waals surface area contributed by atoms with Gasteiger partial charge in [-0.05, 0) is 55.7 Å². The summed E-state index contributed by atoms with van der Waals surface area (Å²) in [6.45, 7) is 2.43. The number of carboxylic acids is 1. The molecular formula is C23H42NO8PS. The molecule has 11 heteroatoms. The van der Waals surface area contributed by atoms with Crippen LogP contribution in [0.1, 0.15) is 51.0 Å². The van der Waals surface area contributed by atoms with Crippen molar-refractivity contribution in [2.75, 3.05) is 47.5 Å². The molecule has 0 amide bonds. The molecule has 0 heterocycles. The van der Waals surface area contributed by atoms with Gasteiger partial charge in [-0.2, -0.15) is 0 Å². The van der Waals surface area contributed by atoms with Gasteiger partial charge < -0.3 is 34.0 Å². The Morgan fingerprint density at radius 1 is 1.03 bits per heavy atom. The van der Waals surface area contributed by atoms with Crippen molar-refractivity contribution in [2.24, 2.45) is 0 Å². The van der Waals surface area contributed by atoms with Gasteiger partial charge in [-0.15, -0.1) is 0 Å². The lowest BCUT2D eigenvalue weighted by atomic mass is 10.2. The van der Waals surface area contributed by atoms with Gasteiger partial charge >= 0.3 is 12.7 Å². The second kappa shape index (κ2) is 16.4. The van der Waals surface area contributed by atoms with E-state index in [0.717, 1.165) is 36.3 Å². The van der Waals surface area contributed by atoms with Gasteiger partial charge in [0.2, 0.25) is 0 Å². The topological polar surface area (TPSA) is 124 Å². The molecule has 0 aromatic heterocycles. The summed E-state index contributed by atoms with van der Waals surface area (Å²) in [5.74, 6) is 0.562. The van der Waals surface area contributed by atoms with E-state index in [2.05, 4.69) is 6.92 Å². The van der Waals surface area contributed by atoms with Crippen molar-refractivity contribution in [3.05, 3.63) is 23.8 Å². The molecule has 34 heavy (non-hydrogen) atoms. The maximum Gasteiger partial charge on any atom is 0.325 e. The van der Waals surface area contributed by atoms with Gasteiger partial charge in [0, 0.05) is 6.07 Å². The van der Waals surface area contributed by atoms with Crippen LogP contribution in [0.5, 0.6) is 11.5 Å². The number of likely N-dealkylation sites (N-methyl/N-ethyl adjacent to an activating group) is 1. The zero-order valence-corrected chi connectivity index (χ0v) is 22.8. The van der Waals surface area contributed by atoms with Gasteiger partial charge in [0.1, 0.15) is 24.1 Å². The quantitative estimate of drug-likeness (QED) is 0.164. The van der Waals surface area contributed by atoms with Crippen molar-refractivity contribution in [3.63, 3.8) is 0 Å². The summed E-state index contributed by atoms with van der Waals surface area (Å²) < 4.78 is 23.0. The highest BCUT2D eigenvalue weighted by atomic mass is 32.5. The summed E-state index contributed by atoms with van der Waals surface area (Å²) in [6.07, 6.45) is 3.70. The van der Waals surface area contributed by atoms with Gasteiger partial charge in [0.05, 0.1) is 47.4 Å². The molecule has 0 radical (unpaired) electrons. The Morgan fingerprint density at radius 3 is 2.06 bits per heavy atom. The summed E-state index contributed by atoms with van der Waals surface area (Å²) in [7, 11) is 5.74. The van der Waals surface area contributed by atoms with Crippen LogP contribution in [0.4, 0.5) is 0 Å². The lowest BCUT2D eigenvalue weighted by Gasteiger charge is -2.30. The highest BCUT2D eigenvalue weighted by Gasteiger charge is 2.28.